The zero-order valence-electron chi connectivity index (χ0n) is 10.2. The van der Waals surface area contributed by atoms with Crippen LogP contribution in [0, 0.1) is 5.92 Å². The van der Waals surface area contributed by atoms with E-state index in [4.69, 9.17) is 4.74 Å². The Balaban J connectivity index is 2.62. The highest BCUT2D eigenvalue weighted by atomic mass is 32.1. The molecule has 92 valence electrons. The quantitative estimate of drug-likeness (QED) is 0.768. The van der Waals surface area contributed by atoms with Gasteiger partial charge in [0.25, 0.3) is 0 Å². The maximum Gasteiger partial charge on any atom is 0.0676 e. The third kappa shape index (κ3) is 3.28. The molecule has 0 amide bonds. The molecule has 0 radical (unpaired) electrons. The van der Waals surface area contributed by atoms with Crippen LogP contribution in [0.1, 0.15) is 18.7 Å². The van der Waals surface area contributed by atoms with Crippen LogP contribution in [0.4, 0.5) is 0 Å². The Labute approximate surface area is 101 Å². The van der Waals surface area contributed by atoms with Gasteiger partial charge in [0.05, 0.1) is 18.8 Å². The first-order chi connectivity index (χ1) is 7.64. The minimum Gasteiger partial charge on any atom is -0.394 e. The van der Waals surface area contributed by atoms with Crippen molar-refractivity contribution in [1.29, 1.82) is 0 Å². The molecule has 0 aliphatic rings. The first-order valence-electron chi connectivity index (χ1n) is 5.52. The highest BCUT2D eigenvalue weighted by molar-refractivity contribution is 7.09. The van der Waals surface area contributed by atoms with Crippen molar-refractivity contribution in [3.63, 3.8) is 0 Å². The van der Waals surface area contributed by atoms with Gasteiger partial charge in [-0.1, -0.05) is 19.9 Å². The molecule has 0 aliphatic carbocycles. The molecule has 0 aromatic carbocycles. The van der Waals surface area contributed by atoms with Crippen LogP contribution in [0.25, 0.3) is 0 Å². The molecular formula is C12H21NO2S. The summed E-state index contributed by atoms with van der Waals surface area (Å²) in [6.45, 7) is 5.57. The van der Waals surface area contributed by atoms with Gasteiger partial charge in [0, 0.05) is 18.5 Å². The number of hydrogen-bond acceptors (Lipinski definition) is 4. The second-order valence-electron chi connectivity index (χ2n) is 4.33. The summed E-state index contributed by atoms with van der Waals surface area (Å²) < 4.78 is 5.21. The molecule has 1 aromatic rings. The lowest BCUT2D eigenvalue weighted by Crippen LogP contribution is -2.55. The molecule has 0 fully saturated rings. The van der Waals surface area contributed by atoms with E-state index in [2.05, 4.69) is 30.6 Å². The topological polar surface area (TPSA) is 41.5 Å². The van der Waals surface area contributed by atoms with Crippen LogP contribution in [0.3, 0.4) is 0 Å². The van der Waals surface area contributed by atoms with Gasteiger partial charge in [-0.05, 0) is 17.4 Å². The highest BCUT2D eigenvalue weighted by Crippen LogP contribution is 2.19. The first-order valence-corrected chi connectivity index (χ1v) is 6.40. The molecule has 1 heterocycles. The summed E-state index contributed by atoms with van der Waals surface area (Å²) in [6, 6.07) is 4.13. The van der Waals surface area contributed by atoms with Crippen LogP contribution in [-0.2, 0) is 11.3 Å². The summed E-state index contributed by atoms with van der Waals surface area (Å²) in [6.07, 6.45) is 0. The molecule has 1 unspecified atom stereocenters. The third-order valence-corrected chi connectivity index (χ3v) is 3.86. The molecule has 3 nitrogen and oxygen atoms in total. The average Bonchev–Trinajstić information content (AvgIpc) is 2.76. The molecule has 1 atom stereocenters. The van der Waals surface area contributed by atoms with E-state index in [0.29, 0.717) is 12.5 Å². The van der Waals surface area contributed by atoms with Gasteiger partial charge < -0.3 is 15.2 Å². The molecule has 2 N–H and O–H groups in total. The van der Waals surface area contributed by atoms with Crippen molar-refractivity contribution in [3.05, 3.63) is 22.4 Å². The fourth-order valence-electron chi connectivity index (χ4n) is 1.64. The van der Waals surface area contributed by atoms with Gasteiger partial charge >= 0.3 is 0 Å². The summed E-state index contributed by atoms with van der Waals surface area (Å²) in [4.78, 5) is 1.27. The normalized spacial score (nSPS) is 15.3. The Kier molecular flexibility index (Phi) is 5.41. The monoisotopic (exact) mass is 243 g/mol. The third-order valence-electron chi connectivity index (χ3n) is 2.98. The second-order valence-corrected chi connectivity index (χ2v) is 5.37. The molecule has 1 rings (SSSR count). The van der Waals surface area contributed by atoms with E-state index in [9.17, 15) is 5.11 Å². The van der Waals surface area contributed by atoms with Crippen molar-refractivity contribution >= 4 is 11.3 Å². The van der Waals surface area contributed by atoms with Gasteiger partial charge in [-0.3, -0.25) is 0 Å². The second kappa shape index (κ2) is 6.35. The SMILES string of the molecule is COCC(CO)(NCc1cccs1)C(C)C. The predicted octanol–water partition coefficient (Wildman–Crippen LogP) is 1.87. The predicted molar refractivity (Wildman–Crippen MR) is 67.7 cm³/mol. The molecule has 4 heteroatoms. The van der Waals surface area contributed by atoms with Crippen molar-refractivity contribution in [1.82, 2.24) is 5.32 Å². The summed E-state index contributed by atoms with van der Waals surface area (Å²) in [5, 5.41) is 15.0. The van der Waals surface area contributed by atoms with Crippen LogP contribution < -0.4 is 5.32 Å². The zero-order chi connectivity index (χ0) is 12.0. The molecular weight excluding hydrogens is 222 g/mol. The van der Waals surface area contributed by atoms with Crippen molar-refractivity contribution in [2.45, 2.75) is 25.9 Å². The van der Waals surface area contributed by atoms with Gasteiger partial charge in [0.15, 0.2) is 0 Å². The number of rotatable bonds is 7. The Bertz CT molecular complexity index is 287. The van der Waals surface area contributed by atoms with E-state index in [1.807, 2.05) is 6.07 Å². The first kappa shape index (κ1) is 13.6. The average molecular weight is 243 g/mol. The molecule has 16 heavy (non-hydrogen) atoms. The van der Waals surface area contributed by atoms with Crippen LogP contribution >= 0.6 is 11.3 Å². The standard InChI is InChI=1S/C12H21NO2S/c1-10(2)12(8-14,9-15-3)13-7-11-5-4-6-16-11/h4-6,10,13-14H,7-9H2,1-3H3. The highest BCUT2D eigenvalue weighted by Gasteiger charge is 2.32. The number of aliphatic hydroxyl groups is 1. The van der Waals surface area contributed by atoms with E-state index in [1.165, 1.54) is 4.88 Å². The van der Waals surface area contributed by atoms with E-state index in [-0.39, 0.29) is 12.1 Å². The van der Waals surface area contributed by atoms with Gasteiger partial charge in [-0.2, -0.15) is 0 Å². The van der Waals surface area contributed by atoms with Gasteiger partial charge in [0.2, 0.25) is 0 Å². The lowest BCUT2D eigenvalue weighted by Gasteiger charge is -2.36. The summed E-state index contributed by atoms with van der Waals surface area (Å²) in [5.74, 6) is 0.317. The smallest absolute Gasteiger partial charge is 0.0676 e. The number of thiophene rings is 1. The molecule has 0 bridgehead atoms. The molecule has 0 saturated carbocycles. The number of ether oxygens (including phenoxy) is 1. The fourth-order valence-corrected chi connectivity index (χ4v) is 2.28. The number of methoxy groups -OCH3 is 1. The minimum atomic E-state index is -0.348. The van der Waals surface area contributed by atoms with E-state index >= 15 is 0 Å². The lowest BCUT2D eigenvalue weighted by atomic mass is 9.88. The summed E-state index contributed by atoms with van der Waals surface area (Å²) in [7, 11) is 1.67. The van der Waals surface area contributed by atoms with Gasteiger partial charge in [0.1, 0.15) is 0 Å². The number of hydrogen-bond donors (Lipinski definition) is 2. The Hall–Kier alpha value is -0.420. The van der Waals surface area contributed by atoms with Crippen molar-refractivity contribution < 1.29 is 9.84 Å². The van der Waals surface area contributed by atoms with E-state index < -0.39 is 0 Å². The van der Waals surface area contributed by atoms with Crippen molar-refractivity contribution in [2.24, 2.45) is 5.92 Å². The van der Waals surface area contributed by atoms with Gasteiger partial charge in [-0.15, -0.1) is 11.3 Å². The maximum atomic E-state index is 9.57. The largest absolute Gasteiger partial charge is 0.394 e. The lowest BCUT2D eigenvalue weighted by molar-refractivity contribution is 0.0321. The Morgan fingerprint density at radius 2 is 2.31 bits per heavy atom. The van der Waals surface area contributed by atoms with E-state index in [1.54, 1.807) is 18.4 Å². The van der Waals surface area contributed by atoms with E-state index in [0.717, 1.165) is 6.54 Å². The van der Waals surface area contributed by atoms with Crippen molar-refractivity contribution in [2.75, 3.05) is 20.3 Å². The molecule has 0 saturated heterocycles. The summed E-state index contributed by atoms with van der Waals surface area (Å²) >= 11 is 1.72. The molecule has 1 aromatic heterocycles. The molecule has 0 aliphatic heterocycles. The fraction of sp³-hybridized carbons (Fsp3) is 0.667. The maximum absolute atomic E-state index is 9.57. The Morgan fingerprint density at radius 3 is 2.75 bits per heavy atom. The van der Waals surface area contributed by atoms with Gasteiger partial charge in [-0.25, -0.2) is 0 Å². The summed E-state index contributed by atoms with van der Waals surface area (Å²) in [5.41, 5.74) is -0.348. The number of nitrogens with one attached hydrogen (secondary N) is 1. The van der Waals surface area contributed by atoms with Crippen LogP contribution in [-0.4, -0.2) is 31.0 Å². The minimum absolute atomic E-state index is 0.0872. The molecule has 0 spiro atoms. The van der Waals surface area contributed by atoms with Crippen LogP contribution in [0.5, 0.6) is 0 Å². The van der Waals surface area contributed by atoms with Crippen molar-refractivity contribution in [3.8, 4) is 0 Å². The van der Waals surface area contributed by atoms with Crippen LogP contribution in [0.15, 0.2) is 17.5 Å². The number of aliphatic hydroxyl groups excluding tert-OH is 1. The van der Waals surface area contributed by atoms with Crippen LogP contribution in [0.2, 0.25) is 0 Å². The zero-order valence-corrected chi connectivity index (χ0v) is 11.0. The Morgan fingerprint density at radius 1 is 1.56 bits per heavy atom.